The molecule has 2 aromatic carbocycles. The number of hydrogen-bond acceptors (Lipinski definition) is 3. The number of hydrogen-bond donors (Lipinski definition) is 2. The van der Waals surface area contributed by atoms with Crippen molar-refractivity contribution < 1.29 is 9.90 Å². The van der Waals surface area contributed by atoms with Crippen molar-refractivity contribution in [2.45, 2.75) is 38.3 Å². The highest BCUT2D eigenvalue weighted by molar-refractivity contribution is 6.30. The first-order valence-corrected chi connectivity index (χ1v) is 7.97. The average molecular weight is 332 g/mol. The molecule has 0 radical (unpaired) electrons. The van der Waals surface area contributed by atoms with E-state index in [0.717, 1.165) is 11.1 Å². The van der Waals surface area contributed by atoms with Crippen LogP contribution in [0, 0.1) is 0 Å². The first kappa shape index (κ1) is 17.7. The third kappa shape index (κ3) is 4.64. The van der Waals surface area contributed by atoms with Gasteiger partial charge in [0, 0.05) is 16.0 Å². The van der Waals surface area contributed by atoms with Crippen LogP contribution in [0.1, 0.15) is 41.8 Å². The van der Waals surface area contributed by atoms with E-state index in [4.69, 9.17) is 17.3 Å². The van der Waals surface area contributed by atoms with E-state index in [1.165, 1.54) is 0 Å². The summed E-state index contributed by atoms with van der Waals surface area (Å²) in [5.74, 6) is 0.0477. The molecule has 0 amide bonds. The molecule has 0 aliphatic carbocycles. The monoisotopic (exact) mass is 331 g/mol. The average Bonchev–Trinajstić information content (AvgIpc) is 2.47. The molecule has 3 nitrogen and oxygen atoms in total. The molecule has 0 fully saturated rings. The Kier molecular flexibility index (Phi) is 5.58. The van der Waals surface area contributed by atoms with Gasteiger partial charge in [0.05, 0.1) is 0 Å². The largest absolute Gasteiger partial charge is 0.379 e. The second kappa shape index (κ2) is 7.26. The molecule has 23 heavy (non-hydrogen) atoms. The van der Waals surface area contributed by atoms with Gasteiger partial charge in [-0.2, -0.15) is 0 Å². The molecule has 2 rings (SSSR count). The van der Waals surface area contributed by atoms with Gasteiger partial charge in [0.15, 0.2) is 5.78 Å². The van der Waals surface area contributed by atoms with Gasteiger partial charge < -0.3 is 10.8 Å². The molecule has 2 atom stereocenters. The first-order valence-electron chi connectivity index (χ1n) is 7.60. The quantitative estimate of drug-likeness (QED) is 0.626. The predicted molar refractivity (Wildman–Crippen MR) is 93.8 cm³/mol. The number of halogens is 1. The molecule has 4 heteroatoms. The minimum Gasteiger partial charge on any atom is -0.379 e. The summed E-state index contributed by atoms with van der Waals surface area (Å²) < 4.78 is 0. The van der Waals surface area contributed by atoms with E-state index in [9.17, 15) is 9.90 Å². The van der Waals surface area contributed by atoms with Gasteiger partial charge in [-0.25, -0.2) is 0 Å². The molecule has 122 valence electrons. The topological polar surface area (TPSA) is 63.3 Å². The lowest BCUT2D eigenvalue weighted by atomic mass is 9.74. The molecule has 0 saturated heterocycles. The van der Waals surface area contributed by atoms with Crippen molar-refractivity contribution in [2.75, 3.05) is 0 Å². The van der Waals surface area contributed by atoms with Crippen molar-refractivity contribution in [3.63, 3.8) is 0 Å². The lowest BCUT2D eigenvalue weighted by molar-refractivity contribution is 0.101. The summed E-state index contributed by atoms with van der Waals surface area (Å²) >= 11 is 6.11. The normalized spacial score (nSPS) is 15.0. The zero-order valence-corrected chi connectivity index (χ0v) is 14.2. The minimum atomic E-state index is -0.907. The van der Waals surface area contributed by atoms with E-state index in [1.807, 2.05) is 48.5 Å². The van der Waals surface area contributed by atoms with Gasteiger partial charge in [-0.3, -0.25) is 4.79 Å². The SMILES string of the molecule is CC(=O)c1ccc(CC(C)(C[C@H](N)O)c2cccc(Cl)c2)cc1. The molecular weight excluding hydrogens is 310 g/mol. The van der Waals surface area contributed by atoms with E-state index in [-0.39, 0.29) is 11.2 Å². The molecule has 2 aromatic rings. The van der Waals surface area contributed by atoms with Gasteiger partial charge in [-0.05, 0) is 43.0 Å². The molecule has 0 spiro atoms. The Morgan fingerprint density at radius 1 is 1.26 bits per heavy atom. The number of aliphatic hydroxyl groups excluding tert-OH is 1. The lowest BCUT2D eigenvalue weighted by Gasteiger charge is -2.32. The number of carbonyl (C=O) groups excluding carboxylic acids is 1. The number of Topliss-reactive ketones (excluding diaryl/α,β-unsaturated/α-hetero) is 1. The highest BCUT2D eigenvalue weighted by Crippen LogP contribution is 2.33. The second-order valence-corrected chi connectivity index (χ2v) is 6.71. The Bertz CT molecular complexity index is 682. The van der Waals surface area contributed by atoms with Crippen LogP contribution in [0.3, 0.4) is 0 Å². The van der Waals surface area contributed by atoms with Crippen molar-refractivity contribution in [2.24, 2.45) is 5.73 Å². The highest BCUT2D eigenvalue weighted by atomic mass is 35.5. The fraction of sp³-hybridized carbons (Fsp3) is 0.316. The highest BCUT2D eigenvalue weighted by Gasteiger charge is 2.29. The van der Waals surface area contributed by atoms with Crippen molar-refractivity contribution >= 4 is 17.4 Å². The van der Waals surface area contributed by atoms with Crippen LogP contribution in [0.5, 0.6) is 0 Å². The number of aliphatic hydroxyl groups is 1. The molecule has 0 aromatic heterocycles. The standard InChI is InChI=1S/C19H22ClNO2/c1-13(22)15-8-6-14(7-9-15)11-19(2,12-18(21)23)16-4-3-5-17(20)10-16/h3-10,18,23H,11-12,21H2,1-2H3/t18-,19?/m1/s1. The van der Waals surface area contributed by atoms with Gasteiger partial charge in [0.1, 0.15) is 6.23 Å². The van der Waals surface area contributed by atoms with Crippen LogP contribution in [0.15, 0.2) is 48.5 Å². The second-order valence-electron chi connectivity index (χ2n) is 6.27. The number of ketones is 1. The molecule has 0 heterocycles. The van der Waals surface area contributed by atoms with Gasteiger partial charge in [0.25, 0.3) is 0 Å². The molecule has 0 aliphatic rings. The summed E-state index contributed by atoms with van der Waals surface area (Å²) in [6, 6.07) is 15.2. The first-order chi connectivity index (χ1) is 10.8. The number of carbonyl (C=O) groups is 1. The number of nitrogens with two attached hydrogens (primary N) is 1. The number of benzene rings is 2. The van der Waals surface area contributed by atoms with Crippen LogP contribution in [0.2, 0.25) is 5.02 Å². The lowest BCUT2D eigenvalue weighted by Crippen LogP contribution is -2.34. The summed E-state index contributed by atoms with van der Waals surface area (Å²) in [6.07, 6.45) is 0.206. The summed E-state index contributed by atoms with van der Waals surface area (Å²) in [6.45, 7) is 3.61. The zero-order chi connectivity index (χ0) is 17.0. The van der Waals surface area contributed by atoms with Crippen LogP contribution in [0.25, 0.3) is 0 Å². The van der Waals surface area contributed by atoms with Crippen LogP contribution in [0.4, 0.5) is 0 Å². The van der Waals surface area contributed by atoms with Crippen LogP contribution >= 0.6 is 11.6 Å². The third-order valence-electron chi connectivity index (χ3n) is 4.14. The van der Waals surface area contributed by atoms with Gasteiger partial charge in [-0.15, -0.1) is 0 Å². The maximum atomic E-state index is 11.4. The van der Waals surface area contributed by atoms with E-state index < -0.39 is 6.23 Å². The molecule has 1 unspecified atom stereocenters. The van der Waals surface area contributed by atoms with Crippen LogP contribution in [-0.4, -0.2) is 17.1 Å². The summed E-state index contributed by atoms with van der Waals surface area (Å²) in [7, 11) is 0. The fourth-order valence-electron chi connectivity index (χ4n) is 2.93. The maximum Gasteiger partial charge on any atom is 0.159 e. The molecule has 3 N–H and O–H groups in total. The van der Waals surface area contributed by atoms with Crippen molar-refractivity contribution in [3.8, 4) is 0 Å². The van der Waals surface area contributed by atoms with Gasteiger partial charge >= 0.3 is 0 Å². The summed E-state index contributed by atoms with van der Waals surface area (Å²) in [5, 5.41) is 10.4. The Morgan fingerprint density at radius 2 is 1.91 bits per heavy atom. The molecule has 0 saturated carbocycles. The molecular formula is C19H22ClNO2. The van der Waals surface area contributed by atoms with Crippen LogP contribution in [-0.2, 0) is 11.8 Å². The zero-order valence-electron chi connectivity index (χ0n) is 13.4. The molecule has 0 bridgehead atoms. The van der Waals surface area contributed by atoms with E-state index in [0.29, 0.717) is 23.4 Å². The maximum absolute atomic E-state index is 11.4. The Morgan fingerprint density at radius 3 is 2.43 bits per heavy atom. The Hall–Kier alpha value is -1.68. The molecule has 0 aliphatic heterocycles. The van der Waals surface area contributed by atoms with E-state index in [2.05, 4.69) is 6.92 Å². The van der Waals surface area contributed by atoms with Gasteiger partial charge in [-0.1, -0.05) is 54.9 Å². The predicted octanol–water partition coefficient (Wildman–Crippen LogP) is 3.71. The Balaban J connectivity index is 2.33. The third-order valence-corrected chi connectivity index (χ3v) is 4.37. The van der Waals surface area contributed by atoms with Crippen molar-refractivity contribution in [1.29, 1.82) is 0 Å². The van der Waals surface area contributed by atoms with Gasteiger partial charge in [0.2, 0.25) is 0 Å². The van der Waals surface area contributed by atoms with Crippen molar-refractivity contribution in [1.82, 2.24) is 0 Å². The van der Waals surface area contributed by atoms with E-state index >= 15 is 0 Å². The van der Waals surface area contributed by atoms with Crippen LogP contribution < -0.4 is 5.73 Å². The van der Waals surface area contributed by atoms with E-state index in [1.54, 1.807) is 6.92 Å². The summed E-state index contributed by atoms with van der Waals surface area (Å²) in [5.41, 5.74) is 8.10. The van der Waals surface area contributed by atoms with Crippen molar-refractivity contribution in [3.05, 3.63) is 70.2 Å². The number of rotatable bonds is 6. The Labute approximate surface area is 142 Å². The minimum absolute atomic E-state index is 0.0477. The fourth-order valence-corrected chi connectivity index (χ4v) is 3.12. The smallest absolute Gasteiger partial charge is 0.159 e. The summed E-state index contributed by atoms with van der Waals surface area (Å²) in [4.78, 5) is 11.4.